The molecule has 1 rings (SSSR count). The van der Waals surface area contributed by atoms with Crippen LogP contribution < -0.4 is 4.40 Å². The zero-order valence-corrected chi connectivity index (χ0v) is 8.75. The first kappa shape index (κ1) is 7.87. The Bertz CT molecular complexity index is 224. The van der Waals surface area contributed by atoms with Gasteiger partial charge in [-0.15, -0.1) is 0 Å². The first-order valence-corrected chi connectivity index (χ1v) is 4.46. The molecule has 0 heterocycles. The summed E-state index contributed by atoms with van der Waals surface area (Å²) in [5.41, 5.74) is 4.25. The van der Waals surface area contributed by atoms with Crippen molar-refractivity contribution in [2.24, 2.45) is 0 Å². The molecule has 1 aromatic rings. The first-order chi connectivity index (χ1) is 4.63. The Morgan fingerprint density at radius 1 is 1.00 bits per heavy atom. The van der Waals surface area contributed by atoms with E-state index in [0.717, 1.165) is 0 Å². The molecule has 0 aliphatic heterocycles. The average Bonchev–Trinajstić information content (AvgIpc) is 1.93. The molecule has 0 N–H and O–H groups in total. The summed E-state index contributed by atoms with van der Waals surface area (Å²) in [6.45, 7) is 6.51. The van der Waals surface area contributed by atoms with Gasteiger partial charge in [-0.3, -0.25) is 0 Å². The van der Waals surface area contributed by atoms with Gasteiger partial charge in [0.05, 0.1) is 0 Å². The van der Waals surface area contributed by atoms with Gasteiger partial charge in [-0.05, 0) is 0 Å². The Kier molecular flexibility index (Phi) is 2.19. The molecule has 0 saturated carbocycles. The van der Waals surface area contributed by atoms with Crippen LogP contribution in [0.1, 0.15) is 16.7 Å². The number of aryl methyl sites for hydroxylation is 1. The zero-order chi connectivity index (χ0) is 7.72. The standard InChI is InChI=1S/C9H11Ge/c1-6-4-5-9(10)8(3)7(6)2/h4-5H,1-3H3. The van der Waals surface area contributed by atoms with Gasteiger partial charge < -0.3 is 0 Å². The molecule has 0 atom stereocenters. The second-order valence-corrected chi connectivity index (χ2v) is 3.81. The molecule has 0 amide bonds. The summed E-state index contributed by atoms with van der Waals surface area (Å²) >= 11 is 2.15. The van der Waals surface area contributed by atoms with Crippen molar-refractivity contribution in [1.29, 1.82) is 0 Å². The Morgan fingerprint density at radius 2 is 1.60 bits per heavy atom. The fraction of sp³-hybridized carbons (Fsp3) is 0.333. The van der Waals surface area contributed by atoms with Crippen molar-refractivity contribution < 1.29 is 0 Å². The van der Waals surface area contributed by atoms with Crippen molar-refractivity contribution in [3.05, 3.63) is 28.8 Å². The predicted octanol–water partition coefficient (Wildman–Crippen LogP) is 1.41. The van der Waals surface area contributed by atoms with Gasteiger partial charge in [0, 0.05) is 0 Å². The van der Waals surface area contributed by atoms with Gasteiger partial charge in [-0.2, -0.15) is 0 Å². The maximum atomic E-state index is 2.18. The van der Waals surface area contributed by atoms with Crippen molar-refractivity contribution >= 4 is 20.9 Å². The molecule has 0 aliphatic carbocycles. The molecule has 3 radical (unpaired) electrons. The Morgan fingerprint density at radius 3 is 2.10 bits per heavy atom. The number of rotatable bonds is 0. The van der Waals surface area contributed by atoms with Gasteiger partial charge in [0.25, 0.3) is 0 Å². The Hall–Kier alpha value is -0.237. The monoisotopic (exact) mass is 193 g/mol. The van der Waals surface area contributed by atoms with Crippen LogP contribution in [0.25, 0.3) is 0 Å². The number of hydrogen-bond donors (Lipinski definition) is 0. The first-order valence-electron chi connectivity index (χ1n) is 3.41. The quantitative estimate of drug-likeness (QED) is 0.545. The molecular weight excluding hydrogens is 181 g/mol. The molecule has 0 nitrogen and oxygen atoms in total. The third-order valence-corrected chi connectivity index (χ3v) is 3.19. The zero-order valence-electron chi connectivity index (χ0n) is 6.65. The SMILES string of the molecule is Cc1cc[c]([Ge])c(C)c1C. The molecule has 10 heavy (non-hydrogen) atoms. The van der Waals surface area contributed by atoms with Crippen LogP contribution in [-0.4, -0.2) is 16.5 Å². The topological polar surface area (TPSA) is 0 Å². The van der Waals surface area contributed by atoms with E-state index < -0.39 is 0 Å². The van der Waals surface area contributed by atoms with E-state index in [9.17, 15) is 0 Å². The van der Waals surface area contributed by atoms with Gasteiger partial charge in [-0.25, -0.2) is 0 Å². The fourth-order valence-corrected chi connectivity index (χ4v) is 1.52. The van der Waals surface area contributed by atoms with E-state index in [4.69, 9.17) is 0 Å². The van der Waals surface area contributed by atoms with Gasteiger partial charge in [0.2, 0.25) is 0 Å². The van der Waals surface area contributed by atoms with Gasteiger partial charge in [0.1, 0.15) is 0 Å². The predicted molar refractivity (Wildman–Crippen MR) is 46.0 cm³/mol. The molecule has 0 aromatic heterocycles. The van der Waals surface area contributed by atoms with E-state index in [1.807, 2.05) is 0 Å². The molecule has 0 unspecified atom stereocenters. The third-order valence-electron chi connectivity index (χ3n) is 2.06. The van der Waals surface area contributed by atoms with E-state index in [0.29, 0.717) is 0 Å². The summed E-state index contributed by atoms with van der Waals surface area (Å²) in [6.07, 6.45) is 0. The van der Waals surface area contributed by atoms with E-state index in [1.165, 1.54) is 21.1 Å². The molecule has 0 spiro atoms. The average molecular weight is 192 g/mol. The van der Waals surface area contributed by atoms with Gasteiger partial charge >= 0.3 is 70.5 Å². The van der Waals surface area contributed by atoms with E-state index >= 15 is 0 Å². The summed E-state index contributed by atoms with van der Waals surface area (Å²) in [4.78, 5) is 0. The molecule has 0 fully saturated rings. The normalized spacial score (nSPS) is 10.0. The minimum atomic E-state index is 1.39. The van der Waals surface area contributed by atoms with Crippen molar-refractivity contribution in [2.45, 2.75) is 20.8 Å². The Balaban J connectivity index is 3.34. The van der Waals surface area contributed by atoms with E-state index in [1.54, 1.807) is 0 Å². The number of benzene rings is 1. The summed E-state index contributed by atoms with van der Waals surface area (Å²) in [5.74, 6) is 0. The van der Waals surface area contributed by atoms with Crippen LogP contribution in [0.4, 0.5) is 0 Å². The van der Waals surface area contributed by atoms with Crippen molar-refractivity contribution in [1.82, 2.24) is 0 Å². The summed E-state index contributed by atoms with van der Waals surface area (Å²) in [5, 5.41) is 0. The summed E-state index contributed by atoms with van der Waals surface area (Å²) < 4.78 is 1.39. The van der Waals surface area contributed by atoms with Crippen LogP contribution in [-0.2, 0) is 0 Å². The molecule has 0 saturated heterocycles. The Labute approximate surface area is 70.9 Å². The van der Waals surface area contributed by atoms with Crippen LogP contribution in [0, 0.1) is 20.8 Å². The summed E-state index contributed by atoms with van der Waals surface area (Å²) in [7, 11) is 0. The fourth-order valence-electron chi connectivity index (χ4n) is 0.956. The van der Waals surface area contributed by atoms with Crippen molar-refractivity contribution in [3.8, 4) is 0 Å². The molecule has 0 aliphatic rings. The van der Waals surface area contributed by atoms with Gasteiger partial charge in [0.15, 0.2) is 0 Å². The van der Waals surface area contributed by atoms with Crippen molar-refractivity contribution in [2.75, 3.05) is 0 Å². The van der Waals surface area contributed by atoms with Crippen LogP contribution >= 0.6 is 0 Å². The third kappa shape index (κ3) is 1.26. The molecule has 1 heteroatoms. The minimum absolute atomic E-state index is 1.39. The molecule has 1 aromatic carbocycles. The van der Waals surface area contributed by atoms with Gasteiger partial charge in [-0.1, -0.05) is 0 Å². The van der Waals surface area contributed by atoms with Crippen LogP contribution in [0.2, 0.25) is 0 Å². The van der Waals surface area contributed by atoms with Crippen LogP contribution in [0.3, 0.4) is 0 Å². The summed E-state index contributed by atoms with van der Waals surface area (Å²) in [6, 6.07) is 4.36. The van der Waals surface area contributed by atoms with Crippen molar-refractivity contribution in [3.63, 3.8) is 0 Å². The van der Waals surface area contributed by atoms with E-state index in [-0.39, 0.29) is 0 Å². The second kappa shape index (κ2) is 2.79. The second-order valence-electron chi connectivity index (χ2n) is 2.68. The maximum absolute atomic E-state index is 2.18. The molecule has 0 bridgehead atoms. The van der Waals surface area contributed by atoms with E-state index in [2.05, 4.69) is 49.4 Å². The molecule has 51 valence electrons. The number of hydrogen-bond acceptors (Lipinski definition) is 0. The molecular formula is C9H11Ge. The van der Waals surface area contributed by atoms with Crippen LogP contribution in [0.5, 0.6) is 0 Å². The van der Waals surface area contributed by atoms with Crippen LogP contribution in [0.15, 0.2) is 12.1 Å².